The molecular weight excluding hydrogens is 197 g/mol. The molecule has 70 valence electrons. The lowest BCUT2D eigenvalue weighted by atomic mass is 10.5. The van der Waals surface area contributed by atoms with Crippen LogP contribution >= 0.6 is 19.1 Å². The maximum Gasteiger partial charge on any atom is 0.284 e. The average Bonchev–Trinajstić information content (AvgIpc) is 2.04. The van der Waals surface area contributed by atoms with Crippen molar-refractivity contribution in [3.05, 3.63) is 25.3 Å². The molecule has 3 nitrogen and oxygen atoms in total. The average molecular weight is 210 g/mol. The molecule has 0 aromatic carbocycles. The number of alkyl halides is 1. The SMILES string of the molecule is C=CCN(CC=C)P(=O)(O)CCl. The van der Waals surface area contributed by atoms with E-state index in [-0.39, 0.29) is 5.62 Å². The lowest BCUT2D eigenvalue weighted by molar-refractivity contribution is 0.387. The van der Waals surface area contributed by atoms with Gasteiger partial charge >= 0.3 is 0 Å². The highest BCUT2D eigenvalue weighted by Gasteiger charge is 2.24. The molecule has 0 saturated carbocycles. The highest BCUT2D eigenvalue weighted by atomic mass is 35.5. The Bertz CT molecular complexity index is 198. The summed E-state index contributed by atoms with van der Waals surface area (Å²) in [5, 5.41) is 0. The maximum absolute atomic E-state index is 11.3. The Kier molecular flexibility index (Phi) is 5.51. The summed E-state index contributed by atoms with van der Waals surface area (Å²) in [5.41, 5.74) is -0.269. The van der Waals surface area contributed by atoms with Crippen LogP contribution in [0.1, 0.15) is 0 Å². The van der Waals surface area contributed by atoms with Gasteiger partial charge in [-0.25, -0.2) is 4.67 Å². The van der Waals surface area contributed by atoms with E-state index in [2.05, 4.69) is 13.2 Å². The van der Waals surface area contributed by atoms with Crippen molar-refractivity contribution in [2.75, 3.05) is 18.7 Å². The van der Waals surface area contributed by atoms with Gasteiger partial charge < -0.3 is 4.89 Å². The molecule has 0 aromatic heterocycles. The summed E-state index contributed by atoms with van der Waals surface area (Å²) >= 11 is 5.34. The Balaban J connectivity index is 4.36. The fraction of sp³-hybridized carbons (Fsp3) is 0.429. The van der Waals surface area contributed by atoms with E-state index in [9.17, 15) is 9.46 Å². The molecule has 1 N–H and O–H groups in total. The number of hydrogen-bond donors (Lipinski definition) is 1. The van der Waals surface area contributed by atoms with Gasteiger partial charge in [0, 0.05) is 13.1 Å². The van der Waals surface area contributed by atoms with Crippen LogP contribution in [0.25, 0.3) is 0 Å². The second kappa shape index (κ2) is 5.55. The third-order valence-corrected chi connectivity index (χ3v) is 3.73. The van der Waals surface area contributed by atoms with Crippen LogP contribution in [0.2, 0.25) is 0 Å². The van der Waals surface area contributed by atoms with Gasteiger partial charge in [0.1, 0.15) is 5.62 Å². The predicted molar refractivity (Wildman–Crippen MR) is 52.5 cm³/mol. The monoisotopic (exact) mass is 209 g/mol. The van der Waals surface area contributed by atoms with Gasteiger partial charge in [0.05, 0.1) is 0 Å². The summed E-state index contributed by atoms with van der Waals surface area (Å²) in [5.74, 6) is 0. The molecule has 0 saturated heterocycles. The van der Waals surface area contributed by atoms with Crippen LogP contribution in [0.3, 0.4) is 0 Å². The van der Waals surface area contributed by atoms with Crippen LogP contribution < -0.4 is 0 Å². The molecular formula is C7H13ClNO2P. The number of rotatable bonds is 6. The fourth-order valence-corrected chi connectivity index (χ4v) is 2.05. The topological polar surface area (TPSA) is 40.5 Å². The van der Waals surface area contributed by atoms with Crippen molar-refractivity contribution in [3.8, 4) is 0 Å². The van der Waals surface area contributed by atoms with Crippen molar-refractivity contribution in [1.82, 2.24) is 4.67 Å². The van der Waals surface area contributed by atoms with E-state index in [0.717, 1.165) is 0 Å². The Morgan fingerprint density at radius 3 is 2.08 bits per heavy atom. The molecule has 12 heavy (non-hydrogen) atoms. The molecule has 0 spiro atoms. The van der Waals surface area contributed by atoms with Gasteiger partial charge in [0.15, 0.2) is 0 Å². The molecule has 0 aliphatic rings. The standard InChI is InChI=1S/C7H13ClNO2P/c1-3-5-9(6-4-2)12(10,11)7-8/h3-4H,1-2,5-7H2,(H,10,11). The van der Waals surface area contributed by atoms with E-state index >= 15 is 0 Å². The molecule has 0 bridgehead atoms. The smallest absolute Gasteiger partial charge is 0.284 e. The molecule has 0 radical (unpaired) electrons. The van der Waals surface area contributed by atoms with Crippen LogP contribution in [0.5, 0.6) is 0 Å². The van der Waals surface area contributed by atoms with Gasteiger partial charge in [-0.3, -0.25) is 4.57 Å². The van der Waals surface area contributed by atoms with Crippen LogP contribution in [0.4, 0.5) is 0 Å². The normalized spacial score (nSPS) is 15.6. The number of nitrogens with zero attached hydrogens (tertiary/aromatic N) is 1. The highest BCUT2D eigenvalue weighted by Crippen LogP contribution is 2.45. The van der Waals surface area contributed by atoms with Crippen molar-refractivity contribution in [2.24, 2.45) is 0 Å². The lowest BCUT2D eigenvalue weighted by Gasteiger charge is -2.22. The summed E-state index contributed by atoms with van der Waals surface area (Å²) in [6.07, 6.45) is 3.11. The van der Waals surface area contributed by atoms with Gasteiger partial charge in [-0.15, -0.1) is 24.8 Å². The number of halogens is 1. The molecule has 0 heterocycles. The summed E-state index contributed by atoms with van der Waals surface area (Å²) in [6, 6.07) is 0. The van der Waals surface area contributed by atoms with E-state index < -0.39 is 7.52 Å². The van der Waals surface area contributed by atoms with E-state index in [0.29, 0.717) is 13.1 Å². The zero-order valence-electron chi connectivity index (χ0n) is 6.82. The summed E-state index contributed by atoms with van der Waals surface area (Å²) in [6.45, 7) is 7.64. The minimum atomic E-state index is -3.36. The molecule has 5 heteroatoms. The highest BCUT2D eigenvalue weighted by molar-refractivity contribution is 7.57. The first-order valence-electron chi connectivity index (χ1n) is 3.43. The molecule has 0 aliphatic carbocycles. The first-order chi connectivity index (χ1) is 5.58. The van der Waals surface area contributed by atoms with E-state index in [4.69, 9.17) is 11.6 Å². The summed E-state index contributed by atoms with van der Waals surface area (Å²) < 4.78 is 12.7. The van der Waals surface area contributed by atoms with Crippen LogP contribution in [0, 0.1) is 0 Å². The van der Waals surface area contributed by atoms with Crippen LogP contribution in [0.15, 0.2) is 25.3 Å². The Morgan fingerprint density at radius 1 is 1.42 bits per heavy atom. The second-order valence-corrected chi connectivity index (χ2v) is 5.08. The van der Waals surface area contributed by atoms with E-state index in [1.54, 1.807) is 12.2 Å². The zero-order valence-corrected chi connectivity index (χ0v) is 8.47. The van der Waals surface area contributed by atoms with Crippen molar-refractivity contribution >= 4 is 19.1 Å². The predicted octanol–water partition coefficient (Wildman–Crippen LogP) is 2.04. The third-order valence-electron chi connectivity index (χ3n) is 1.28. The van der Waals surface area contributed by atoms with Crippen molar-refractivity contribution in [2.45, 2.75) is 0 Å². The van der Waals surface area contributed by atoms with Gasteiger partial charge in [0.25, 0.3) is 7.52 Å². The molecule has 0 rings (SSSR count). The van der Waals surface area contributed by atoms with Crippen molar-refractivity contribution in [1.29, 1.82) is 0 Å². The lowest BCUT2D eigenvalue weighted by Crippen LogP contribution is -2.21. The third kappa shape index (κ3) is 3.55. The minimum Gasteiger partial charge on any atom is -0.332 e. The second-order valence-electron chi connectivity index (χ2n) is 2.23. The minimum absolute atomic E-state index is 0.269. The van der Waals surface area contributed by atoms with Crippen LogP contribution in [-0.2, 0) is 4.57 Å². The van der Waals surface area contributed by atoms with Crippen molar-refractivity contribution in [3.63, 3.8) is 0 Å². The first kappa shape index (κ1) is 11.9. The summed E-state index contributed by atoms with van der Waals surface area (Å²) in [7, 11) is -3.36. The number of hydrogen-bond acceptors (Lipinski definition) is 1. The van der Waals surface area contributed by atoms with Crippen molar-refractivity contribution < 1.29 is 9.46 Å². The maximum atomic E-state index is 11.3. The first-order valence-corrected chi connectivity index (χ1v) is 5.76. The fourth-order valence-electron chi connectivity index (χ4n) is 0.703. The molecule has 0 aliphatic heterocycles. The van der Waals surface area contributed by atoms with Gasteiger partial charge in [-0.1, -0.05) is 12.2 Å². The molecule has 0 fully saturated rings. The molecule has 1 unspecified atom stereocenters. The van der Waals surface area contributed by atoms with Crippen LogP contribution in [-0.4, -0.2) is 28.3 Å². The molecule has 0 aromatic rings. The van der Waals surface area contributed by atoms with E-state index in [1.165, 1.54) is 4.67 Å². The van der Waals surface area contributed by atoms with Gasteiger partial charge in [-0.05, 0) is 0 Å². The molecule has 1 atom stereocenters. The Morgan fingerprint density at radius 2 is 1.83 bits per heavy atom. The summed E-state index contributed by atoms with van der Waals surface area (Å²) in [4.78, 5) is 9.30. The Hall–Kier alpha value is -0.0800. The molecule has 0 amide bonds. The van der Waals surface area contributed by atoms with Gasteiger partial charge in [0.2, 0.25) is 0 Å². The van der Waals surface area contributed by atoms with Gasteiger partial charge in [-0.2, -0.15) is 0 Å². The quantitative estimate of drug-likeness (QED) is 0.414. The zero-order chi connectivity index (χ0) is 9.61. The Labute approximate surface area is 77.8 Å². The largest absolute Gasteiger partial charge is 0.332 e. The van der Waals surface area contributed by atoms with E-state index in [1.807, 2.05) is 0 Å².